The standard InChI is InChI=1S/C20H30N6O/c1-6-26-9-7-8-16(19(26)17-10-22-25(5)13-17)12-24(4)20(27)18-11-21-15(3)23-14(18)2/h10-11,13,16,19H,6-9,12H2,1-5H3/t16-,19+/m0/s1. The fourth-order valence-corrected chi connectivity index (χ4v) is 4.21. The maximum atomic E-state index is 13.0. The van der Waals surface area contributed by atoms with Crippen LogP contribution in [0.15, 0.2) is 18.6 Å². The van der Waals surface area contributed by atoms with E-state index in [-0.39, 0.29) is 5.91 Å². The number of nitrogens with zero attached hydrogens (tertiary/aromatic N) is 6. The van der Waals surface area contributed by atoms with Gasteiger partial charge in [-0.05, 0) is 45.7 Å². The Balaban J connectivity index is 1.79. The summed E-state index contributed by atoms with van der Waals surface area (Å²) < 4.78 is 1.86. The monoisotopic (exact) mass is 370 g/mol. The fourth-order valence-electron chi connectivity index (χ4n) is 4.21. The number of amides is 1. The summed E-state index contributed by atoms with van der Waals surface area (Å²) in [6.07, 6.45) is 7.98. The molecule has 2 atom stereocenters. The average molecular weight is 371 g/mol. The summed E-state index contributed by atoms with van der Waals surface area (Å²) in [6.45, 7) is 8.71. The zero-order chi connectivity index (χ0) is 19.6. The van der Waals surface area contributed by atoms with Crippen molar-refractivity contribution < 1.29 is 4.79 Å². The van der Waals surface area contributed by atoms with Crippen molar-refractivity contribution in [3.05, 3.63) is 41.2 Å². The fraction of sp³-hybridized carbons (Fsp3) is 0.600. The van der Waals surface area contributed by atoms with Crippen molar-refractivity contribution in [2.24, 2.45) is 13.0 Å². The molecule has 1 aliphatic rings. The second-order valence-electron chi connectivity index (χ2n) is 7.53. The molecule has 0 aliphatic carbocycles. The molecule has 1 amide bonds. The Hall–Kier alpha value is -2.28. The smallest absolute Gasteiger partial charge is 0.257 e. The van der Waals surface area contributed by atoms with Crippen molar-refractivity contribution in [1.29, 1.82) is 0 Å². The van der Waals surface area contributed by atoms with Crippen LogP contribution in [0.25, 0.3) is 0 Å². The Bertz CT molecular complexity index is 802. The minimum absolute atomic E-state index is 0.00828. The summed E-state index contributed by atoms with van der Waals surface area (Å²) in [5, 5.41) is 4.37. The van der Waals surface area contributed by atoms with Gasteiger partial charge in [-0.25, -0.2) is 9.97 Å². The van der Waals surface area contributed by atoms with E-state index >= 15 is 0 Å². The molecular weight excluding hydrogens is 340 g/mol. The zero-order valence-corrected chi connectivity index (χ0v) is 17.0. The Kier molecular flexibility index (Phi) is 5.89. The zero-order valence-electron chi connectivity index (χ0n) is 17.0. The largest absolute Gasteiger partial charge is 0.341 e. The quantitative estimate of drug-likeness (QED) is 0.808. The molecule has 2 aromatic rings. The van der Waals surface area contributed by atoms with Crippen LogP contribution in [-0.4, -0.2) is 62.1 Å². The Labute approximate surface area is 161 Å². The van der Waals surface area contributed by atoms with Crippen molar-refractivity contribution >= 4 is 5.91 Å². The molecule has 2 aromatic heterocycles. The molecule has 0 radical (unpaired) electrons. The van der Waals surface area contributed by atoms with E-state index in [1.165, 1.54) is 5.56 Å². The number of hydrogen-bond acceptors (Lipinski definition) is 5. The lowest BCUT2D eigenvalue weighted by atomic mass is 9.85. The number of aryl methyl sites for hydroxylation is 3. The third-order valence-corrected chi connectivity index (χ3v) is 5.52. The van der Waals surface area contributed by atoms with Crippen LogP contribution in [0.4, 0.5) is 0 Å². The molecule has 0 spiro atoms. The lowest BCUT2D eigenvalue weighted by molar-refractivity contribution is 0.0587. The van der Waals surface area contributed by atoms with E-state index in [0.29, 0.717) is 29.9 Å². The number of likely N-dealkylation sites (tertiary alicyclic amines) is 1. The molecule has 1 fully saturated rings. The van der Waals surface area contributed by atoms with Gasteiger partial charge in [0, 0.05) is 44.6 Å². The normalized spacial score (nSPS) is 20.6. The van der Waals surface area contributed by atoms with Gasteiger partial charge >= 0.3 is 0 Å². The summed E-state index contributed by atoms with van der Waals surface area (Å²) in [5.74, 6) is 1.06. The van der Waals surface area contributed by atoms with E-state index in [0.717, 1.165) is 31.6 Å². The van der Waals surface area contributed by atoms with E-state index in [4.69, 9.17) is 0 Å². The molecule has 0 N–H and O–H groups in total. The molecule has 7 nitrogen and oxygen atoms in total. The molecular formula is C20H30N6O. The number of carbonyl (C=O) groups excluding carboxylic acids is 1. The van der Waals surface area contributed by atoms with Crippen LogP contribution in [0, 0.1) is 19.8 Å². The third-order valence-electron chi connectivity index (χ3n) is 5.52. The molecule has 27 heavy (non-hydrogen) atoms. The van der Waals surface area contributed by atoms with Gasteiger partial charge in [-0.3, -0.25) is 14.4 Å². The van der Waals surface area contributed by atoms with E-state index in [9.17, 15) is 4.79 Å². The van der Waals surface area contributed by atoms with Gasteiger partial charge in [0.1, 0.15) is 5.82 Å². The van der Waals surface area contributed by atoms with E-state index in [2.05, 4.69) is 33.1 Å². The van der Waals surface area contributed by atoms with Gasteiger partial charge in [-0.2, -0.15) is 5.10 Å². The third kappa shape index (κ3) is 4.18. The van der Waals surface area contributed by atoms with Crippen molar-refractivity contribution in [2.45, 2.75) is 39.7 Å². The van der Waals surface area contributed by atoms with Gasteiger partial charge in [0.05, 0.1) is 17.5 Å². The van der Waals surface area contributed by atoms with Crippen LogP contribution in [0.5, 0.6) is 0 Å². The molecule has 0 unspecified atom stereocenters. The highest BCUT2D eigenvalue weighted by Crippen LogP contribution is 2.36. The average Bonchev–Trinajstić information content (AvgIpc) is 3.06. The van der Waals surface area contributed by atoms with Crippen LogP contribution in [-0.2, 0) is 7.05 Å². The summed E-state index contributed by atoms with van der Waals surface area (Å²) in [6, 6.07) is 0.295. The molecule has 0 aromatic carbocycles. The first-order chi connectivity index (χ1) is 12.9. The first-order valence-corrected chi connectivity index (χ1v) is 9.69. The Morgan fingerprint density at radius 3 is 2.74 bits per heavy atom. The Morgan fingerprint density at radius 1 is 1.33 bits per heavy atom. The van der Waals surface area contributed by atoms with E-state index in [1.807, 2.05) is 43.7 Å². The minimum Gasteiger partial charge on any atom is -0.341 e. The molecule has 7 heteroatoms. The number of rotatable bonds is 5. The van der Waals surface area contributed by atoms with E-state index < -0.39 is 0 Å². The summed E-state index contributed by atoms with van der Waals surface area (Å²) in [5.41, 5.74) is 2.56. The number of aromatic nitrogens is 4. The first kappa shape index (κ1) is 19.5. The van der Waals surface area contributed by atoms with Gasteiger partial charge in [-0.15, -0.1) is 0 Å². The second-order valence-corrected chi connectivity index (χ2v) is 7.53. The molecule has 1 aliphatic heterocycles. The van der Waals surface area contributed by atoms with Gasteiger partial charge in [0.2, 0.25) is 0 Å². The summed E-state index contributed by atoms with van der Waals surface area (Å²) in [4.78, 5) is 25.8. The topological polar surface area (TPSA) is 67.2 Å². The van der Waals surface area contributed by atoms with Gasteiger partial charge in [-0.1, -0.05) is 6.92 Å². The summed E-state index contributed by atoms with van der Waals surface area (Å²) in [7, 11) is 3.83. The minimum atomic E-state index is -0.00828. The lowest BCUT2D eigenvalue weighted by Crippen LogP contribution is -2.44. The predicted octanol–water partition coefficient (Wildman–Crippen LogP) is 2.37. The van der Waals surface area contributed by atoms with Crippen molar-refractivity contribution in [3.63, 3.8) is 0 Å². The maximum absolute atomic E-state index is 13.0. The van der Waals surface area contributed by atoms with E-state index in [1.54, 1.807) is 6.20 Å². The van der Waals surface area contributed by atoms with Crippen molar-refractivity contribution in [2.75, 3.05) is 26.7 Å². The molecule has 146 valence electrons. The molecule has 0 bridgehead atoms. The van der Waals surface area contributed by atoms with Crippen LogP contribution in [0.1, 0.15) is 53.2 Å². The molecule has 1 saturated heterocycles. The van der Waals surface area contributed by atoms with Crippen LogP contribution in [0.2, 0.25) is 0 Å². The predicted molar refractivity (Wildman–Crippen MR) is 104 cm³/mol. The molecule has 0 saturated carbocycles. The van der Waals surface area contributed by atoms with Crippen LogP contribution >= 0.6 is 0 Å². The number of hydrogen-bond donors (Lipinski definition) is 0. The number of carbonyl (C=O) groups is 1. The van der Waals surface area contributed by atoms with Crippen LogP contribution in [0.3, 0.4) is 0 Å². The van der Waals surface area contributed by atoms with Crippen LogP contribution < -0.4 is 0 Å². The highest BCUT2D eigenvalue weighted by Gasteiger charge is 2.34. The Morgan fingerprint density at radius 2 is 2.11 bits per heavy atom. The highest BCUT2D eigenvalue weighted by atomic mass is 16.2. The first-order valence-electron chi connectivity index (χ1n) is 9.69. The van der Waals surface area contributed by atoms with Gasteiger partial charge < -0.3 is 4.90 Å². The van der Waals surface area contributed by atoms with Gasteiger partial charge in [0.25, 0.3) is 5.91 Å². The second kappa shape index (κ2) is 8.17. The summed E-state index contributed by atoms with van der Waals surface area (Å²) >= 11 is 0. The van der Waals surface area contributed by atoms with Gasteiger partial charge in [0.15, 0.2) is 0 Å². The molecule has 3 heterocycles. The maximum Gasteiger partial charge on any atom is 0.257 e. The van der Waals surface area contributed by atoms with Crippen molar-refractivity contribution in [3.8, 4) is 0 Å². The lowest BCUT2D eigenvalue weighted by Gasteiger charge is -2.42. The SMILES string of the molecule is CCN1CCC[C@@H](CN(C)C(=O)c2cnc(C)nc2C)[C@@H]1c1cnn(C)c1. The van der Waals surface area contributed by atoms with Crippen molar-refractivity contribution in [1.82, 2.24) is 29.5 Å². The molecule has 3 rings (SSSR count). The number of piperidine rings is 1. The highest BCUT2D eigenvalue weighted by molar-refractivity contribution is 5.94.